The van der Waals surface area contributed by atoms with Gasteiger partial charge in [-0.15, -0.1) is 0 Å². The molecule has 0 fully saturated rings. The van der Waals surface area contributed by atoms with E-state index in [1.807, 2.05) is 72.8 Å². The summed E-state index contributed by atoms with van der Waals surface area (Å²) in [6, 6.07) is 36.1. The van der Waals surface area contributed by atoms with Gasteiger partial charge in [0.1, 0.15) is 11.3 Å². The zero-order valence-electron chi connectivity index (χ0n) is 17.1. The molecule has 0 atom stereocenters. The Bertz CT molecular complexity index is 1370. The van der Waals surface area contributed by atoms with Crippen LogP contribution in [0.25, 0.3) is 22.3 Å². The van der Waals surface area contributed by atoms with Crippen LogP contribution in [-0.2, 0) is 12.8 Å². The topological polar surface area (TPSA) is 30.2 Å². The van der Waals surface area contributed by atoms with E-state index < -0.39 is 0 Å². The van der Waals surface area contributed by atoms with Crippen LogP contribution in [0.5, 0.6) is 0 Å². The number of fused-ring (bicyclic) bond motifs is 1. The van der Waals surface area contributed by atoms with Gasteiger partial charge >= 0.3 is 0 Å². The zero-order valence-corrected chi connectivity index (χ0v) is 17.1. The van der Waals surface area contributed by atoms with Crippen LogP contribution in [0.2, 0.25) is 0 Å². The van der Waals surface area contributed by atoms with Crippen LogP contribution in [0.15, 0.2) is 118 Å². The van der Waals surface area contributed by atoms with Crippen molar-refractivity contribution < 1.29 is 4.42 Å². The lowest BCUT2D eigenvalue weighted by molar-refractivity contribution is 0.618. The third kappa shape index (κ3) is 4.06. The Labute approximate surface area is 181 Å². The highest BCUT2D eigenvalue weighted by atomic mass is 16.3. The average Bonchev–Trinajstić information content (AvgIpc) is 2.82. The minimum Gasteiger partial charge on any atom is -0.456 e. The molecule has 5 rings (SSSR count). The summed E-state index contributed by atoms with van der Waals surface area (Å²) in [5.41, 5.74) is 6.13. The molecule has 1 aromatic heterocycles. The van der Waals surface area contributed by atoms with Crippen molar-refractivity contribution in [2.45, 2.75) is 12.8 Å². The van der Waals surface area contributed by atoms with Gasteiger partial charge < -0.3 is 4.42 Å². The van der Waals surface area contributed by atoms with Crippen LogP contribution in [0.4, 0.5) is 0 Å². The van der Waals surface area contributed by atoms with Crippen molar-refractivity contribution in [3.8, 4) is 11.3 Å². The van der Waals surface area contributed by atoms with E-state index in [1.165, 1.54) is 11.1 Å². The van der Waals surface area contributed by atoms with Crippen molar-refractivity contribution in [3.05, 3.63) is 142 Å². The first-order valence-electron chi connectivity index (χ1n) is 10.5. The maximum atomic E-state index is 13.3. The van der Waals surface area contributed by atoms with E-state index in [9.17, 15) is 4.79 Å². The van der Waals surface area contributed by atoms with E-state index >= 15 is 0 Å². The summed E-state index contributed by atoms with van der Waals surface area (Å²) in [5.74, 6) is 0.597. The molecule has 0 saturated carbocycles. The normalized spacial score (nSPS) is 11.0. The Morgan fingerprint density at radius 1 is 0.613 bits per heavy atom. The molecule has 2 nitrogen and oxygen atoms in total. The van der Waals surface area contributed by atoms with Gasteiger partial charge in [-0.05, 0) is 41.2 Å². The van der Waals surface area contributed by atoms with Crippen LogP contribution < -0.4 is 5.43 Å². The summed E-state index contributed by atoms with van der Waals surface area (Å²) >= 11 is 0. The Kier molecular flexibility index (Phi) is 5.20. The van der Waals surface area contributed by atoms with Crippen molar-refractivity contribution in [1.29, 1.82) is 0 Å². The molecular formula is C29H22O2. The van der Waals surface area contributed by atoms with E-state index in [4.69, 9.17) is 4.42 Å². The summed E-state index contributed by atoms with van der Waals surface area (Å²) in [6.07, 6.45) is 1.47. The lowest BCUT2D eigenvalue weighted by Gasteiger charge is -2.14. The largest absolute Gasteiger partial charge is 0.456 e. The van der Waals surface area contributed by atoms with Gasteiger partial charge in [0.2, 0.25) is 0 Å². The number of benzene rings is 4. The fraction of sp³-hybridized carbons (Fsp3) is 0.0690. The molecule has 0 aliphatic heterocycles. The molecule has 0 unspecified atom stereocenters. The number of hydrogen-bond acceptors (Lipinski definition) is 2. The Morgan fingerprint density at radius 3 is 1.84 bits per heavy atom. The highest BCUT2D eigenvalue weighted by Crippen LogP contribution is 2.28. The molecule has 0 saturated heterocycles. The van der Waals surface area contributed by atoms with Gasteiger partial charge in [0.15, 0.2) is 5.43 Å². The highest BCUT2D eigenvalue weighted by Gasteiger charge is 2.15. The molecule has 0 bridgehead atoms. The molecule has 0 N–H and O–H groups in total. The third-order valence-electron chi connectivity index (χ3n) is 5.62. The maximum Gasteiger partial charge on any atom is 0.193 e. The van der Waals surface area contributed by atoms with E-state index in [2.05, 4.69) is 30.3 Å². The summed E-state index contributed by atoms with van der Waals surface area (Å²) < 4.78 is 6.21. The van der Waals surface area contributed by atoms with Gasteiger partial charge in [0.05, 0.1) is 5.39 Å². The van der Waals surface area contributed by atoms with E-state index in [0.29, 0.717) is 23.2 Å². The molecule has 2 heteroatoms. The summed E-state index contributed by atoms with van der Waals surface area (Å²) in [5, 5.41) is 0.678. The van der Waals surface area contributed by atoms with E-state index in [-0.39, 0.29) is 5.43 Å². The van der Waals surface area contributed by atoms with Gasteiger partial charge in [0, 0.05) is 11.6 Å². The second-order valence-electron chi connectivity index (χ2n) is 7.74. The minimum atomic E-state index is 0.000876. The Morgan fingerprint density at radius 2 is 1.19 bits per heavy atom. The van der Waals surface area contributed by atoms with Gasteiger partial charge in [0.25, 0.3) is 0 Å². The average molecular weight is 402 g/mol. The first-order valence-corrected chi connectivity index (χ1v) is 10.5. The SMILES string of the molecule is O=c1cc(-c2ccccc2)oc2ccc(Cc3ccccc3)c(Cc3ccccc3)c12. The molecular weight excluding hydrogens is 380 g/mol. The summed E-state index contributed by atoms with van der Waals surface area (Å²) in [7, 11) is 0. The first-order chi connectivity index (χ1) is 15.3. The van der Waals surface area contributed by atoms with Gasteiger partial charge in [-0.25, -0.2) is 0 Å². The van der Waals surface area contributed by atoms with Gasteiger partial charge in [-0.3, -0.25) is 4.79 Å². The zero-order chi connectivity index (χ0) is 21.0. The van der Waals surface area contributed by atoms with Crippen LogP contribution in [0, 0.1) is 0 Å². The predicted molar refractivity (Wildman–Crippen MR) is 126 cm³/mol. The molecule has 150 valence electrons. The fourth-order valence-corrected chi connectivity index (χ4v) is 4.09. The van der Waals surface area contributed by atoms with Crippen molar-refractivity contribution in [3.63, 3.8) is 0 Å². The van der Waals surface area contributed by atoms with Crippen LogP contribution in [0.1, 0.15) is 22.3 Å². The maximum absolute atomic E-state index is 13.3. The molecule has 0 spiro atoms. The van der Waals surface area contributed by atoms with Crippen molar-refractivity contribution in [1.82, 2.24) is 0 Å². The standard InChI is InChI=1S/C29H22O2/c30-26-20-28(23-14-8-3-9-15-23)31-27-17-16-24(18-21-10-4-1-5-11-21)25(29(26)27)19-22-12-6-2-7-13-22/h1-17,20H,18-19H2. The fourth-order valence-electron chi connectivity index (χ4n) is 4.09. The monoisotopic (exact) mass is 402 g/mol. The van der Waals surface area contributed by atoms with Crippen LogP contribution >= 0.6 is 0 Å². The lowest BCUT2D eigenvalue weighted by Crippen LogP contribution is -2.08. The second kappa shape index (κ2) is 8.45. The predicted octanol–water partition coefficient (Wildman–Crippen LogP) is 6.64. The van der Waals surface area contributed by atoms with Gasteiger partial charge in [-0.1, -0.05) is 97.1 Å². The first kappa shape index (κ1) is 19.1. The Hall–Kier alpha value is -3.91. The quantitative estimate of drug-likeness (QED) is 0.330. The Balaban J connectivity index is 1.68. The molecule has 0 radical (unpaired) electrons. The number of hydrogen-bond donors (Lipinski definition) is 0. The van der Waals surface area contributed by atoms with E-state index in [1.54, 1.807) is 6.07 Å². The third-order valence-corrected chi connectivity index (χ3v) is 5.62. The van der Waals surface area contributed by atoms with Gasteiger partial charge in [-0.2, -0.15) is 0 Å². The molecule has 0 aliphatic rings. The summed E-state index contributed by atoms with van der Waals surface area (Å²) in [6.45, 7) is 0. The lowest BCUT2D eigenvalue weighted by atomic mass is 9.92. The minimum absolute atomic E-state index is 0.000876. The summed E-state index contributed by atoms with van der Waals surface area (Å²) in [4.78, 5) is 13.3. The van der Waals surface area contributed by atoms with Crippen molar-refractivity contribution in [2.75, 3.05) is 0 Å². The molecule has 31 heavy (non-hydrogen) atoms. The smallest absolute Gasteiger partial charge is 0.193 e. The molecule has 0 aliphatic carbocycles. The number of rotatable bonds is 5. The molecule has 5 aromatic rings. The second-order valence-corrected chi connectivity index (χ2v) is 7.74. The molecule has 4 aromatic carbocycles. The van der Waals surface area contributed by atoms with Crippen molar-refractivity contribution in [2.24, 2.45) is 0 Å². The van der Waals surface area contributed by atoms with E-state index in [0.717, 1.165) is 23.1 Å². The van der Waals surface area contributed by atoms with Crippen LogP contribution in [0.3, 0.4) is 0 Å². The van der Waals surface area contributed by atoms with Crippen LogP contribution in [-0.4, -0.2) is 0 Å². The highest BCUT2D eigenvalue weighted by molar-refractivity contribution is 5.84. The molecule has 0 amide bonds. The van der Waals surface area contributed by atoms with Crippen molar-refractivity contribution >= 4 is 11.0 Å². The molecule has 1 heterocycles.